The van der Waals surface area contributed by atoms with Crippen LogP contribution in [0.4, 0.5) is 13.6 Å². The number of amides is 1. The van der Waals surface area contributed by atoms with Gasteiger partial charge in [0.25, 0.3) is 0 Å². The van der Waals surface area contributed by atoms with Crippen molar-refractivity contribution in [2.24, 2.45) is 5.92 Å². The lowest BCUT2D eigenvalue weighted by Gasteiger charge is -2.44. The van der Waals surface area contributed by atoms with Gasteiger partial charge in [-0.05, 0) is 75.0 Å². The summed E-state index contributed by atoms with van der Waals surface area (Å²) in [5, 5.41) is -0.261. The molecule has 45 heavy (non-hydrogen) atoms. The molecule has 1 heterocycles. The van der Waals surface area contributed by atoms with Gasteiger partial charge in [-0.15, -0.1) is 6.58 Å². The molecule has 2 aromatic rings. The summed E-state index contributed by atoms with van der Waals surface area (Å²) in [7, 11) is -2.62. The smallest absolute Gasteiger partial charge is 0.410 e. The van der Waals surface area contributed by atoms with E-state index in [0.717, 1.165) is 11.6 Å². The number of nitrogens with zero attached hydrogens (tertiary/aromatic N) is 1. The highest BCUT2D eigenvalue weighted by molar-refractivity contribution is 6.74. The molecule has 0 aromatic heterocycles. The van der Waals surface area contributed by atoms with Gasteiger partial charge in [0, 0.05) is 6.07 Å². The van der Waals surface area contributed by atoms with Gasteiger partial charge in [0.2, 0.25) is 0 Å². The van der Waals surface area contributed by atoms with E-state index in [1.54, 1.807) is 31.7 Å². The summed E-state index contributed by atoms with van der Waals surface area (Å²) in [6.45, 7) is 20.0. The molecule has 0 radical (unpaired) electrons. The molecule has 248 valence electrons. The van der Waals surface area contributed by atoms with Crippen molar-refractivity contribution in [3.05, 3.63) is 83.9 Å². The molecule has 0 bridgehead atoms. The fourth-order valence-electron chi connectivity index (χ4n) is 5.09. The second-order valence-corrected chi connectivity index (χ2v) is 19.0. The van der Waals surface area contributed by atoms with Crippen LogP contribution in [0.15, 0.2) is 61.2 Å². The zero-order chi connectivity index (χ0) is 33.6. The van der Waals surface area contributed by atoms with Crippen LogP contribution >= 0.6 is 0 Å². The minimum absolute atomic E-state index is 0.00597. The molecule has 0 N–H and O–H groups in total. The standard InChI is InChI=1S/C35H49F2NO6Si/c1-10-16-41-28-21-30(38(22-28)33(40)43-34(2,3)4)31(44-45(8,9)35(5,6)7)29(19-25-17-26(36)20-27(37)18-25)32(39)42-23-24-14-12-11-13-15-24/h10-15,17-18,20,28-31H,1,16,19,21-23H2,2-9H3/t28-,29+,30?,31+/m1/s1. The molecular weight excluding hydrogens is 596 g/mol. The van der Waals surface area contributed by atoms with Gasteiger partial charge in [-0.2, -0.15) is 0 Å². The molecule has 10 heteroatoms. The second-order valence-electron chi connectivity index (χ2n) is 14.2. The highest BCUT2D eigenvalue weighted by Crippen LogP contribution is 2.41. The summed E-state index contributed by atoms with van der Waals surface area (Å²) in [5.41, 5.74) is 0.293. The van der Waals surface area contributed by atoms with Crippen molar-refractivity contribution >= 4 is 20.4 Å². The molecule has 1 saturated heterocycles. The Kier molecular flexibility index (Phi) is 12.1. The van der Waals surface area contributed by atoms with Gasteiger partial charge in [-0.3, -0.25) is 9.69 Å². The number of carbonyl (C=O) groups is 2. The van der Waals surface area contributed by atoms with E-state index < -0.39 is 55.7 Å². The Balaban J connectivity index is 2.13. The number of ether oxygens (including phenoxy) is 3. The number of halogens is 2. The molecule has 1 aliphatic heterocycles. The first-order valence-corrected chi connectivity index (χ1v) is 18.4. The van der Waals surface area contributed by atoms with Crippen molar-refractivity contribution in [3.63, 3.8) is 0 Å². The average Bonchev–Trinajstić information content (AvgIpc) is 3.35. The van der Waals surface area contributed by atoms with Crippen molar-refractivity contribution in [1.82, 2.24) is 4.90 Å². The number of hydrogen-bond donors (Lipinski definition) is 0. The lowest BCUT2D eigenvalue weighted by molar-refractivity contribution is -0.155. The minimum Gasteiger partial charge on any atom is -0.461 e. The Labute approximate surface area is 268 Å². The molecule has 1 aliphatic rings. The van der Waals surface area contributed by atoms with Crippen molar-refractivity contribution in [1.29, 1.82) is 0 Å². The number of rotatable bonds is 12. The Hall–Kier alpha value is -3.08. The molecule has 0 aliphatic carbocycles. The van der Waals surface area contributed by atoms with Gasteiger partial charge < -0.3 is 18.6 Å². The Morgan fingerprint density at radius 3 is 2.20 bits per heavy atom. The van der Waals surface area contributed by atoms with E-state index in [9.17, 15) is 18.4 Å². The van der Waals surface area contributed by atoms with Crippen molar-refractivity contribution < 1.29 is 37.0 Å². The van der Waals surface area contributed by atoms with E-state index >= 15 is 0 Å². The number of carbonyl (C=O) groups excluding carboxylic acids is 2. The maximum absolute atomic E-state index is 14.4. The predicted molar refractivity (Wildman–Crippen MR) is 173 cm³/mol. The number of likely N-dealkylation sites (tertiary alicyclic amines) is 1. The fourth-order valence-corrected chi connectivity index (χ4v) is 6.45. The number of hydrogen-bond acceptors (Lipinski definition) is 6. The zero-order valence-corrected chi connectivity index (χ0v) is 28.9. The first-order valence-electron chi connectivity index (χ1n) is 15.5. The van der Waals surface area contributed by atoms with Crippen molar-refractivity contribution in [2.45, 2.75) is 103 Å². The molecule has 4 atom stereocenters. The van der Waals surface area contributed by atoms with E-state index in [-0.39, 0.29) is 42.9 Å². The topological polar surface area (TPSA) is 74.3 Å². The lowest BCUT2D eigenvalue weighted by Crippen LogP contribution is -2.56. The predicted octanol–water partition coefficient (Wildman–Crippen LogP) is 7.84. The largest absolute Gasteiger partial charge is 0.461 e. The number of esters is 1. The van der Waals surface area contributed by atoms with Crippen molar-refractivity contribution in [3.8, 4) is 0 Å². The minimum atomic E-state index is -2.62. The first-order chi connectivity index (χ1) is 20.9. The normalized spacial score (nSPS) is 18.8. The molecule has 2 aromatic carbocycles. The van der Waals surface area contributed by atoms with E-state index in [2.05, 4.69) is 40.4 Å². The summed E-state index contributed by atoms with van der Waals surface area (Å²) in [6.07, 6.45) is 0.0835. The molecule has 7 nitrogen and oxygen atoms in total. The van der Waals surface area contributed by atoms with Gasteiger partial charge >= 0.3 is 12.1 Å². The lowest BCUT2D eigenvalue weighted by atomic mass is 9.88. The highest BCUT2D eigenvalue weighted by Gasteiger charge is 2.51. The monoisotopic (exact) mass is 645 g/mol. The summed E-state index contributed by atoms with van der Waals surface area (Å²) < 4.78 is 53.5. The van der Waals surface area contributed by atoms with Gasteiger partial charge in [-0.1, -0.05) is 57.2 Å². The van der Waals surface area contributed by atoms with Crippen LogP contribution in [0.2, 0.25) is 18.1 Å². The van der Waals surface area contributed by atoms with Crippen LogP contribution in [-0.2, 0) is 36.5 Å². The number of benzene rings is 2. The van der Waals surface area contributed by atoms with Crippen LogP contribution in [-0.4, -0.2) is 62.3 Å². The van der Waals surface area contributed by atoms with Gasteiger partial charge in [-0.25, -0.2) is 13.6 Å². The summed E-state index contributed by atoms with van der Waals surface area (Å²) >= 11 is 0. The van der Waals surface area contributed by atoms with Gasteiger partial charge in [0.15, 0.2) is 8.32 Å². The van der Waals surface area contributed by atoms with E-state index in [1.165, 1.54) is 12.1 Å². The van der Waals surface area contributed by atoms with E-state index in [4.69, 9.17) is 18.6 Å². The quantitative estimate of drug-likeness (QED) is 0.133. The van der Waals surface area contributed by atoms with Crippen LogP contribution < -0.4 is 0 Å². The first kappa shape index (κ1) is 36.4. The molecule has 1 fully saturated rings. The van der Waals surface area contributed by atoms with Crippen LogP contribution in [0, 0.1) is 17.6 Å². The fraction of sp³-hybridized carbons (Fsp3) is 0.543. The molecule has 1 unspecified atom stereocenters. The van der Waals surface area contributed by atoms with Gasteiger partial charge in [0.05, 0.1) is 37.3 Å². The van der Waals surface area contributed by atoms with E-state index in [1.807, 2.05) is 30.3 Å². The molecular formula is C35H49F2NO6Si. The average molecular weight is 646 g/mol. The summed E-state index contributed by atoms with van der Waals surface area (Å²) in [4.78, 5) is 29.4. The molecule has 1 amide bonds. The maximum atomic E-state index is 14.4. The van der Waals surface area contributed by atoms with Gasteiger partial charge in [0.1, 0.15) is 23.8 Å². The zero-order valence-electron chi connectivity index (χ0n) is 27.9. The highest BCUT2D eigenvalue weighted by atomic mass is 28.4. The Bertz CT molecular complexity index is 1290. The third-order valence-corrected chi connectivity index (χ3v) is 12.8. The van der Waals surface area contributed by atoms with Crippen molar-refractivity contribution in [2.75, 3.05) is 13.2 Å². The Morgan fingerprint density at radius 1 is 1.02 bits per heavy atom. The Morgan fingerprint density at radius 2 is 1.64 bits per heavy atom. The van der Waals surface area contributed by atoms with Crippen LogP contribution in [0.25, 0.3) is 0 Å². The SMILES string of the molecule is C=CCO[C@@H]1CC([C@@H](O[Si](C)(C)C(C)(C)C)[C@H](Cc2cc(F)cc(F)c2)C(=O)OCc2ccccc2)N(C(=O)OC(C)(C)C)C1. The molecule has 0 spiro atoms. The van der Waals surface area contributed by atoms with E-state index in [0.29, 0.717) is 6.42 Å². The second kappa shape index (κ2) is 15.0. The van der Waals surface area contributed by atoms with Crippen LogP contribution in [0.3, 0.4) is 0 Å². The summed E-state index contributed by atoms with van der Waals surface area (Å²) in [5.74, 6) is -3.11. The molecule has 3 rings (SSSR count). The molecule has 0 saturated carbocycles. The maximum Gasteiger partial charge on any atom is 0.410 e. The van der Waals surface area contributed by atoms with Crippen LogP contribution in [0.5, 0.6) is 0 Å². The van der Waals surface area contributed by atoms with Crippen LogP contribution in [0.1, 0.15) is 59.1 Å². The third kappa shape index (κ3) is 10.5. The summed E-state index contributed by atoms with van der Waals surface area (Å²) in [6, 6.07) is 11.8. The third-order valence-electron chi connectivity index (χ3n) is 8.30.